The Morgan fingerprint density at radius 1 is 1.53 bits per heavy atom. The van der Waals surface area contributed by atoms with Crippen molar-refractivity contribution in [1.29, 1.82) is 0 Å². The summed E-state index contributed by atoms with van der Waals surface area (Å²) in [6.45, 7) is 4.10. The summed E-state index contributed by atoms with van der Waals surface area (Å²) in [5, 5.41) is 1.70. The highest BCUT2D eigenvalue weighted by Crippen LogP contribution is 2.18. The lowest BCUT2D eigenvalue weighted by atomic mass is 10.1. The Hall–Kier alpha value is -0.420. The normalized spacial score (nSPS) is 14.0. The first-order valence-electron chi connectivity index (χ1n) is 5.18. The molecule has 15 heavy (non-hydrogen) atoms. The smallest absolute Gasteiger partial charge is 0.209 e. The maximum Gasteiger partial charge on any atom is 0.209 e. The van der Waals surface area contributed by atoms with Gasteiger partial charge in [0.05, 0.1) is 5.75 Å². The molecule has 0 bridgehead atoms. The third-order valence-electron chi connectivity index (χ3n) is 2.23. The number of rotatable bonds is 6. The molecule has 0 aliphatic carbocycles. The lowest BCUT2D eigenvalue weighted by molar-refractivity contribution is 0.530. The lowest BCUT2D eigenvalue weighted by Crippen LogP contribution is -2.13. The van der Waals surface area contributed by atoms with Gasteiger partial charge in [0.2, 0.25) is 14.2 Å². The quantitative estimate of drug-likeness (QED) is 0.776. The number of sulfone groups is 1. The Labute approximate surface area is 95.5 Å². The largest absolute Gasteiger partial charge is 0.234 e. The van der Waals surface area contributed by atoms with Crippen LogP contribution in [0.2, 0.25) is 0 Å². The molecule has 1 aromatic heterocycles. The van der Waals surface area contributed by atoms with Crippen molar-refractivity contribution in [3.8, 4) is 0 Å². The van der Waals surface area contributed by atoms with Gasteiger partial charge >= 0.3 is 0 Å². The Bertz CT molecular complexity index is 370. The molecular formula is C10H17NO2S2. The van der Waals surface area contributed by atoms with E-state index in [1.807, 2.05) is 6.92 Å². The van der Waals surface area contributed by atoms with Gasteiger partial charge < -0.3 is 0 Å². The molecule has 1 heterocycles. The fraction of sp³-hybridized carbons (Fsp3) is 0.700. The molecule has 1 aromatic rings. The molecule has 0 saturated carbocycles. The van der Waals surface area contributed by atoms with Crippen molar-refractivity contribution in [3.05, 3.63) is 11.6 Å². The van der Waals surface area contributed by atoms with Crippen LogP contribution in [-0.4, -0.2) is 19.2 Å². The van der Waals surface area contributed by atoms with Gasteiger partial charge in [-0.3, -0.25) is 0 Å². The fourth-order valence-electron chi connectivity index (χ4n) is 1.45. The summed E-state index contributed by atoms with van der Waals surface area (Å²) in [6, 6.07) is 0. The Kier molecular flexibility index (Phi) is 4.73. The molecule has 0 spiro atoms. The Balaban J connectivity index is 2.57. The number of nitrogens with zero attached hydrogens (tertiary/aromatic N) is 1. The van der Waals surface area contributed by atoms with E-state index >= 15 is 0 Å². The third-order valence-corrected chi connectivity index (χ3v) is 5.49. The van der Waals surface area contributed by atoms with Crippen LogP contribution in [-0.2, 0) is 9.84 Å². The van der Waals surface area contributed by atoms with Gasteiger partial charge in [-0.15, -0.1) is 11.3 Å². The summed E-state index contributed by atoms with van der Waals surface area (Å²) in [5.74, 6) is 0.444. The second-order valence-corrected chi connectivity index (χ2v) is 6.93. The zero-order valence-corrected chi connectivity index (χ0v) is 10.8. The molecule has 86 valence electrons. The minimum absolute atomic E-state index is 0.221. The van der Waals surface area contributed by atoms with Gasteiger partial charge in [0.15, 0.2) is 0 Å². The minimum Gasteiger partial charge on any atom is -0.234 e. The SMILES string of the molecule is CCCC[C@@H](C)CS(=O)(=O)c1nccs1. The average molecular weight is 247 g/mol. The Morgan fingerprint density at radius 3 is 2.80 bits per heavy atom. The standard InChI is InChI=1S/C10H17NO2S2/c1-3-4-5-9(2)8-15(12,13)10-11-6-7-14-10/h6-7,9H,3-5,8H2,1-2H3/t9-/m1/s1. The van der Waals surface area contributed by atoms with E-state index in [-0.39, 0.29) is 16.0 Å². The van der Waals surface area contributed by atoms with Crippen LogP contribution in [0.25, 0.3) is 0 Å². The second kappa shape index (κ2) is 5.61. The molecule has 0 N–H and O–H groups in total. The van der Waals surface area contributed by atoms with Crippen LogP contribution in [0.15, 0.2) is 15.9 Å². The molecule has 1 rings (SSSR count). The average Bonchev–Trinajstić information content (AvgIpc) is 2.67. The number of hydrogen-bond donors (Lipinski definition) is 0. The summed E-state index contributed by atoms with van der Waals surface area (Å²) in [7, 11) is -3.14. The first-order chi connectivity index (χ1) is 7.06. The highest BCUT2D eigenvalue weighted by Gasteiger charge is 2.20. The van der Waals surface area contributed by atoms with Crippen LogP contribution < -0.4 is 0 Å². The number of hydrogen-bond acceptors (Lipinski definition) is 4. The summed E-state index contributed by atoms with van der Waals surface area (Å²) in [6.07, 6.45) is 4.71. The summed E-state index contributed by atoms with van der Waals surface area (Å²) in [4.78, 5) is 3.85. The van der Waals surface area contributed by atoms with E-state index in [9.17, 15) is 8.42 Å². The van der Waals surface area contributed by atoms with Crippen LogP contribution in [0, 0.1) is 5.92 Å². The van der Waals surface area contributed by atoms with Crippen LogP contribution in [0.4, 0.5) is 0 Å². The number of unbranched alkanes of at least 4 members (excludes halogenated alkanes) is 1. The van der Waals surface area contributed by atoms with E-state index < -0.39 is 9.84 Å². The van der Waals surface area contributed by atoms with Crippen LogP contribution in [0.5, 0.6) is 0 Å². The first-order valence-corrected chi connectivity index (χ1v) is 7.71. The van der Waals surface area contributed by atoms with Gasteiger partial charge in [-0.2, -0.15) is 0 Å². The van der Waals surface area contributed by atoms with Crippen molar-refractivity contribution in [2.24, 2.45) is 5.92 Å². The summed E-state index contributed by atoms with van der Waals surface area (Å²) < 4.78 is 23.9. The van der Waals surface area contributed by atoms with E-state index in [1.54, 1.807) is 5.38 Å². The predicted octanol–water partition coefficient (Wildman–Crippen LogP) is 2.74. The van der Waals surface area contributed by atoms with Gasteiger partial charge in [-0.05, 0) is 12.3 Å². The third kappa shape index (κ3) is 3.91. The molecule has 0 aromatic carbocycles. The fourth-order valence-corrected chi connectivity index (χ4v) is 4.04. The van der Waals surface area contributed by atoms with Gasteiger partial charge in [-0.25, -0.2) is 13.4 Å². The zero-order chi connectivity index (χ0) is 11.3. The molecular weight excluding hydrogens is 230 g/mol. The molecule has 0 amide bonds. The van der Waals surface area contributed by atoms with Crippen molar-refractivity contribution in [2.75, 3.05) is 5.75 Å². The van der Waals surface area contributed by atoms with Gasteiger partial charge in [-0.1, -0.05) is 26.7 Å². The summed E-state index contributed by atoms with van der Waals surface area (Å²) >= 11 is 1.20. The molecule has 0 saturated heterocycles. The first kappa shape index (κ1) is 12.6. The minimum atomic E-state index is -3.14. The van der Waals surface area contributed by atoms with Crippen LogP contribution in [0.1, 0.15) is 33.1 Å². The van der Waals surface area contributed by atoms with Crippen molar-refractivity contribution in [1.82, 2.24) is 4.98 Å². The molecule has 0 radical (unpaired) electrons. The van der Waals surface area contributed by atoms with E-state index in [0.29, 0.717) is 0 Å². The van der Waals surface area contributed by atoms with Crippen LogP contribution >= 0.6 is 11.3 Å². The highest BCUT2D eigenvalue weighted by molar-refractivity contribution is 7.93. The maximum absolute atomic E-state index is 11.8. The second-order valence-electron chi connectivity index (χ2n) is 3.83. The van der Waals surface area contributed by atoms with Crippen LogP contribution in [0.3, 0.4) is 0 Å². The Morgan fingerprint density at radius 2 is 2.27 bits per heavy atom. The maximum atomic E-state index is 11.8. The summed E-state index contributed by atoms with van der Waals surface area (Å²) in [5.41, 5.74) is 0. The monoisotopic (exact) mass is 247 g/mol. The molecule has 0 fully saturated rings. The highest BCUT2D eigenvalue weighted by atomic mass is 32.2. The molecule has 3 nitrogen and oxygen atoms in total. The molecule has 5 heteroatoms. The van der Waals surface area contributed by atoms with Crippen molar-refractivity contribution >= 4 is 21.2 Å². The molecule has 0 aliphatic rings. The van der Waals surface area contributed by atoms with Crippen molar-refractivity contribution in [2.45, 2.75) is 37.4 Å². The number of aromatic nitrogens is 1. The van der Waals surface area contributed by atoms with Crippen molar-refractivity contribution < 1.29 is 8.42 Å². The molecule has 0 aliphatic heterocycles. The van der Waals surface area contributed by atoms with E-state index in [2.05, 4.69) is 11.9 Å². The molecule has 0 unspecified atom stereocenters. The van der Waals surface area contributed by atoms with Gasteiger partial charge in [0, 0.05) is 11.6 Å². The van der Waals surface area contributed by atoms with E-state index in [1.165, 1.54) is 17.5 Å². The predicted molar refractivity (Wildman–Crippen MR) is 62.9 cm³/mol. The van der Waals surface area contributed by atoms with Gasteiger partial charge in [0.1, 0.15) is 0 Å². The van der Waals surface area contributed by atoms with E-state index in [0.717, 1.165) is 19.3 Å². The molecule has 1 atom stereocenters. The van der Waals surface area contributed by atoms with Crippen molar-refractivity contribution in [3.63, 3.8) is 0 Å². The lowest BCUT2D eigenvalue weighted by Gasteiger charge is -2.09. The van der Waals surface area contributed by atoms with Gasteiger partial charge in [0.25, 0.3) is 0 Å². The topological polar surface area (TPSA) is 47.0 Å². The zero-order valence-electron chi connectivity index (χ0n) is 9.14. The number of thiazole rings is 1. The van der Waals surface area contributed by atoms with E-state index in [4.69, 9.17) is 0 Å².